The van der Waals surface area contributed by atoms with E-state index in [0.29, 0.717) is 12.0 Å². The highest BCUT2D eigenvalue weighted by Crippen LogP contribution is 2.24. The van der Waals surface area contributed by atoms with E-state index in [1.807, 2.05) is 18.2 Å². The molecule has 1 aliphatic heterocycles. The smallest absolute Gasteiger partial charge is 0.0408 e. The molecule has 2 rings (SSSR count). The van der Waals surface area contributed by atoms with Crippen LogP contribution in [0.15, 0.2) is 24.3 Å². The van der Waals surface area contributed by atoms with E-state index in [2.05, 4.69) is 23.8 Å². The Morgan fingerprint density at radius 1 is 1.46 bits per heavy atom. The maximum absolute atomic E-state index is 5.93. The van der Waals surface area contributed by atoms with Crippen LogP contribution in [0, 0.1) is 0 Å². The number of benzene rings is 1. The van der Waals surface area contributed by atoms with Crippen molar-refractivity contribution in [2.24, 2.45) is 0 Å². The summed E-state index contributed by atoms with van der Waals surface area (Å²) in [4.78, 5) is 0. The number of hydrogen-bond acceptors (Lipinski definition) is 2. The summed E-state index contributed by atoms with van der Waals surface area (Å²) in [5, 5.41) is 0.816. The van der Waals surface area contributed by atoms with Crippen LogP contribution in [0.25, 0.3) is 0 Å². The molecule has 0 radical (unpaired) electrons. The van der Waals surface area contributed by atoms with E-state index in [9.17, 15) is 0 Å². The molecule has 0 amide bonds. The molecule has 1 aromatic rings. The Bertz CT molecular complexity index is 301. The van der Waals surface area contributed by atoms with E-state index in [-0.39, 0.29) is 0 Å². The van der Waals surface area contributed by atoms with Crippen LogP contribution in [-0.2, 0) is 0 Å². The normalized spacial score (nSPS) is 27.8. The number of hydrogen-bond donors (Lipinski definition) is 2. The van der Waals surface area contributed by atoms with Crippen molar-refractivity contribution in [2.75, 3.05) is 6.54 Å². The van der Waals surface area contributed by atoms with E-state index < -0.39 is 0 Å². The molecular formula is C10H13ClN2. The quantitative estimate of drug-likeness (QED) is 0.717. The fourth-order valence-electron chi connectivity index (χ4n) is 1.75. The SMILES string of the molecule is CC1NNCC1c1cccc(Cl)c1. The van der Waals surface area contributed by atoms with E-state index in [1.54, 1.807) is 0 Å². The Labute approximate surface area is 83.3 Å². The van der Waals surface area contributed by atoms with Crippen LogP contribution in [0.2, 0.25) is 5.02 Å². The molecule has 1 aromatic carbocycles. The van der Waals surface area contributed by atoms with Crippen molar-refractivity contribution in [1.82, 2.24) is 10.9 Å². The summed E-state index contributed by atoms with van der Waals surface area (Å²) in [5.74, 6) is 0.527. The molecule has 70 valence electrons. The van der Waals surface area contributed by atoms with Crippen molar-refractivity contribution in [2.45, 2.75) is 18.9 Å². The highest BCUT2D eigenvalue weighted by molar-refractivity contribution is 6.30. The minimum absolute atomic E-state index is 0.471. The van der Waals surface area contributed by atoms with Crippen LogP contribution < -0.4 is 10.9 Å². The molecule has 2 nitrogen and oxygen atoms in total. The van der Waals surface area contributed by atoms with Gasteiger partial charge in [-0.05, 0) is 24.6 Å². The Balaban J connectivity index is 2.24. The van der Waals surface area contributed by atoms with E-state index >= 15 is 0 Å². The van der Waals surface area contributed by atoms with Gasteiger partial charge in [0.2, 0.25) is 0 Å². The molecule has 13 heavy (non-hydrogen) atoms. The molecule has 0 saturated carbocycles. The van der Waals surface area contributed by atoms with Crippen molar-refractivity contribution in [3.63, 3.8) is 0 Å². The minimum atomic E-state index is 0.471. The number of hydrazine groups is 1. The van der Waals surface area contributed by atoms with Gasteiger partial charge in [-0.1, -0.05) is 23.7 Å². The summed E-state index contributed by atoms with van der Waals surface area (Å²) in [5.41, 5.74) is 7.64. The van der Waals surface area contributed by atoms with Crippen molar-refractivity contribution >= 4 is 11.6 Å². The third-order valence-corrected chi connectivity index (χ3v) is 2.77. The molecule has 0 bridgehead atoms. The Morgan fingerprint density at radius 3 is 2.92 bits per heavy atom. The van der Waals surface area contributed by atoms with Crippen molar-refractivity contribution in [1.29, 1.82) is 0 Å². The Kier molecular flexibility index (Phi) is 2.54. The second-order valence-electron chi connectivity index (χ2n) is 3.48. The predicted octanol–water partition coefficient (Wildman–Crippen LogP) is 1.92. The zero-order valence-corrected chi connectivity index (χ0v) is 8.31. The lowest BCUT2D eigenvalue weighted by Crippen LogP contribution is -2.28. The molecule has 0 aliphatic carbocycles. The number of halogens is 1. The summed E-state index contributed by atoms with van der Waals surface area (Å²) in [6.45, 7) is 3.15. The summed E-state index contributed by atoms with van der Waals surface area (Å²) in [6.07, 6.45) is 0. The average Bonchev–Trinajstić information content (AvgIpc) is 2.51. The first-order valence-electron chi connectivity index (χ1n) is 4.51. The molecule has 1 aliphatic rings. The molecule has 0 aromatic heterocycles. The maximum atomic E-state index is 5.93. The van der Waals surface area contributed by atoms with Crippen molar-refractivity contribution in [3.8, 4) is 0 Å². The summed E-state index contributed by atoms with van der Waals surface area (Å²) >= 11 is 5.93. The molecular weight excluding hydrogens is 184 g/mol. The highest BCUT2D eigenvalue weighted by Gasteiger charge is 2.23. The lowest BCUT2D eigenvalue weighted by molar-refractivity contribution is 0.570. The standard InChI is InChI=1S/C10H13ClN2/c1-7-10(6-12-13-7)8-3-2-4-9(11)5-8/h2-5,7,10,12-13H,6H2,1H3. The van der Waals surface area contributed by atoms with Gasteiger partial charge in [0, 0.05) is 23.5 Å². The van der Waals surface area contributed by atoms with Crippen LogP contribution in [-0.4, -0.2) is 12.6 Å². The average molecular weight is 197 g/mol. The highest BCUT2D eigenvalue weighted by atomic mass is 35.5. The van der Waals surface area contributed by atoms with Gasteiger partial charge in [0.15, 0.2) is 0 Å². The van der Waals surface area contributed by atoms with Gasteiger partial charge in [0.05, 0.1) is 0 Å². The fraction of sp³-hybridized carbons (Fsp3) is 0.400. The van der Waals surface area contributed by atoms with Gasteiger partial charge in [-0.25, -0.2) is 0 Å². The monoisotopic (exact) mass is 196 g/mol. The van der Waals surface area contributed by atoms with Crippen LogP contribution in [0.1, 0.15) is 18.4 Å². The van der Waals surface area contributed by atoms with E-state index in [1.165, 1.54) is 5.56 Å². The third-order valence-electron chi connectivity index (χ3n) is 2.53. The second-order valence-corrected chi connectivity index (χ2v) is 3.91. The Hall–Kier alpha value is -0.570. The first kappa shape index (κ1) is 9.00. The van der Waals surface area contributed by atoms with E-state index in [4.69, 9.17) is 11.6 Å². The maximum Gasteiger partial charge on any atom is 0.0408 e. The Morgan fingerprint density at radius 2 is 2.31 bits per heavy atom. The van der Waals surface area contributed by atoms with Crippen LogP contribution in [0.4, 0.5) is 0 Å². The second kappa shape index (κ2) is 3.66. The third kappa shape index (κ3) is 1.85. The predicted molar refractivity (Wildman–Crippen MR) is 54.8 cm³/mol. The lowest BCUT2D eigenvalue weighted by atomic mass is 9.94. The van der Waals surface area contributed by atoms with Gasteiger partial charge in [-0.15, -0.1) is 0 Å². The van der Waals surface area contributed by atoms with Crippen LogP contribution >= 0.6 is 11.6 Å². The van der Waals surface area contributed by atoms with E-state index in [0.717, 1.165) is 11.6 Å². The largest absolute Gasteiger partial charge is 0.257 e. The van der Waals surface area contributed by atoms with Gasteiger partial charge < -0.3 is 0 Å². The molecule has 1 saturated heterocycles. The van der Waals surface area contributed by atoms with Crippen molar-refractivity contribution < 1.29 is 0 Å². The fourth-order valence-corrected chi connectivity index (χ4v) is 1.95. The summed E-state index contributed by atoms with van der Waals surface area (Å²) in [6, 6.07) is 8.55. The molecule has 0 spiro atoms. The van der Waals surface area contributed by atoms with Crippen LogP contribution in [0.5, 0.6) is 0 Å². The molecule has 1 heterocycles. The molecule has 1 fully saturated rings. The van der Waals surface area contributed by atoms with Gasteiger partial charge >= 0.3 is 0 Å². The lowest BCUT2D eigenvalue weighted by Gasteiger charge is -2.13. The number of rotatable bonds is 1. The molecule has 2 atom stereocenters. The van der Waals surface area contributed by atoms with Gasteiger partial charge in [0.25, 0.3) is 0 Å². The zero-order valence-electron chi connectivity index (χ0n) is 7.55. The topological polar surface area (TPSA) is 24.1 Å². The molecule has 2 N–H and O–H groups in total. The van der Waals surface area contributed by atoms with Crippen LogP contribution in [0.3, 0.4) is 0 Å². The van der Waals surface area contributed by atoms with Crippen molar-refractivity contribution in [3.05, 3.63) is 34.9 Å². The first-order valence-corrected chi connectivity index (χ1v) is 4.89. The van der Waals surface area contributed by atoms with Gasteiger partial charge in [-0.3, -0.25) is 10.9 Å². The molecule has 2 unspecified atom stereocenters. The zero-order chi connectivity index (χ0) is 9.26. The summed E-state index contributed by atoms with van der Waals surface area (Å²) < 4.78 is 0. The van der Waals surface area contributed by atoms with Gasteiger partial charge in [-0.2, -0.15) is 0 Å². The minimum Gasteiger partial charge on any atom is -0.257 e. The first-order chi connectivity index (χ1) is 6.27. The summed E-state index contributed by atoms with van der Waals surface area (Å²) in [7, 11) is 0. The number of nitrogens with one attached hydrogen (secondary N) is 2. The molecule has 3 heteroatoms. The van der Waals surface area contributed by atoms with Gasteiger partial charge in [0.1, 0.15) is 0 Å².